The van der Waals surface area contributed by atoms with Crippen molar-refractivity contribution >= 4 is 28.9 Å². The second kappa shape index (κ2) is 6.69. The highest BCUT2D eigenvalue weighted by molar-refractivity contribution is 6.34. The molecule has 1 aliphatic rings. The minimum atomic E-state index is -0.330. The number of aromatic nitrogens is 1. The predicted octanol–water partition coefficient (Wildman–Crippen LogP) is 3.64. The van der Waals surface area contributed by atoms with Gasteiger partial charge in [-0.3, -0.25) is 9.78 Å². The van der Waals surface area contributed by atoms with Crippen LogP contribution in [-0.2, 0) is 0 Å². The van der Waals surface area contributed by atoms with Gasteiger partial charge in [-0.2, -0.15) is 0 Å². The molecule has 5 nitrogen and oxygen atoms in total. The number of amides is 1. The third-order valence-corrected chi connectivity index (χ3v) is 4.17. The summed E-state index contributed by atoms with van der Waals surface area (Å²) in [5.41, 5.74) is 3.27. The van der Waals surface area contributed by atoms with Crippen molar-refractivity contribution in [1.82, 2.24) is 10.3 Å². The smallest absolute Gasteiger partial charge is 0.254 e. The number of anilines is 2. The van der Waals surface area contributed by atoms with E-state index >= 15 is 0 Å². The molecule has 2 heterocycles. The summed E-state index contributed by atoms with van der Waals surface area (Å²) in [6.45, 7) is 6.93. The lowest BCUT2D eigenvalue weighted by molar-refractivity contribution is 0.0941. The molecule has 1 aliphatic heterocycles. The molecular weight excluding hydrogens is 324 g/mol. The second-order valence-corrected chi connectivity index (χ2v) is 6.80. The van der Waals surface area contributed by atoms with Gasteiger partial charge >= 0.3 is 0 Å². The van der Waals surface area contributed by atoms with E-state index in [1.807, 2.05) is 25.1 Å². The zero-order chi connectivity index (χ0) is 17.3. The monoisotopic (exact) mass is 344 g/mol. The Morgan fingerprint density at radius 3 is 2.92 bits per heavy atom. The zero-order valence-corrected chi connectivity index (χ0v) is 14.8. The number of hydrogen-bond acceptors (Lipinski definition) is 4. The van der Waals surface area contributed by atoms with Gasteiger partial charge < -0.3 is 15.5 Å². The Hall–Kier alpha value is -2.27. The van der Waals surface area contributed by atoms with Crippen LogP contribution < -0.4 is 15.5 Å². The number of benzene rings is 1. The molecule has 1 unspecified atom stereocenters. The molecule has 0 aliphatic carbocycles. The molecule has 6 heteroatoms. The number of aryl methyl sites for hydroxylation is 1. The Morgan fingerprint density at radius 2 is 2.21 bits per heavy atom. The summed E-state index contributed by atoms with van der Waals surface area (Å²) < 4.78 is 0. The lowest BCUT2D eigenvalue weighted by atomic mass is 10.2. The fourth-order valence-corrected chi connectivity index (χ4v) is 3.16. The number of pyridine rings is 1. The van der Waals surface area contributed by atoms with Gasteiger partial charge in [0, 0.05) is 24.0 Å². The normalized spacial score (nSPS) is 16.0. The topological polar surface area (TPSA) is 57.3 Å². The van der Waals surface area contributed by atoms with Crippen LogP contribution in [0.1, 0.15) is 29.9 Å². The Kier molecular flexibility index (Phi) is 4.62. The van der Waals surface area contributed by atoms with Gasteiger partial charge in [0.1, 0.15) is 0 Å². The molecule has 3 rings (SSSR count). The first-order valence-electron chi connectivity index (χ1n) is 8.01. The lowest BCUT2D eigenvalue weighted by Crippen LogP contribution is -2.51. The van der Waals surface area contributed by atoms with E-state index in [0.29, 0.717) is 16.5 Å². The molecule has 1 atom stereocenters. The fourth-order valence-electron chi connectivity index (χ4n) is 2.88. The summed E-state index contributed by atoms with van der Waals surface area (Å²) in [6, 6.07) is 9.22. The van der Waals surface area contributed by atoms with Gasteiger partial charge in [-0.1, -0.05) is 31.5 Å². The first-order chi connectivity index (χ1) is 11.5. The maximum absolute atomic E-state index is 12.6. The van der Waals surface area contributed by atoms with Gasteiger partial charge in [0.2, 0.25) is 0 Å². The van der Waals surface area contributed by atoms with Crippen LogP contribution in [0.2, 0.25) is 5.02 Å². The maximum atomic E-state index is 12.6. The molecule has 0 bridgehead atoms. The third-order valence-electron chi connectivity index (χ3n) is 3.87. The summed E-state index contributed by atoms with van der Waals surface area (Å²) in [7, 11) is 0. The number of para-hydroxylation sites is 1. The van der Waals surface area contributed by atoms with Crippen molar-refractivity contribution in [2.75, 3.05) is 16.8 Å². The molecule has 2 aromatic rings. The number of fused-ring (bicyclic) bond motifs is 1. The van der Waals surface area contributed by atoms with E-state index in [-0.39, 0.29) is 12.2 Å². The molecule has 126 valence electrons. The SMILES string of the molecule is Cc1cc(C(=O)NC2Nc3cccc(Cl)c3N2CC(C)C)ccn1. The zero-order valence-electron chi connectivity index (χ0n) is 14.0. The predicted molar refractivity (Wildman–Crippen MR) is 97.5 cm³/mol. The summed E-state index contributed by atoms with van der Waals surface area (Å²) in [5.74, 6) is 0.285. The van der Waals surface area contributed by atoms with Crippen molar-refractivity contribution in [1.29, 1.82) is 0 Å². The van der Waals surface area contributed by atoms with Gasteiger partial charge in [0.05, 0.1) is 16.4 Å². The van der Waals surface area contributed by atoms with Gasteiger partial charge in [-0.25, -0.2) is 0 Å². The minimum absolute atomic E-state index is 0.143. The number of nitrogens with one attached hydrogen (secondary N) is 2. The first-order valence-corrected chi connectivity index (χ1v) is 8.38. The average molecular weight is 345 g/mol. The summed E-state index contributed by atoms with van der Waals surface area (Å²) >= 11 is 6.38. The lowest BCUT2D eigenvalue weighted by Gasteiger charge is -2.29. The molecule has 1 aromatic heterocycles. The van der Waals surface area contributed by atoms with Crippen molar-refractivity contribution in [3.8, 4) is 0 Å². The number of carbonyl (C=O) groups is 1. The molecule has 1 aromatic carbocycles. The minimum Gasteiger partial charge on any atom is -0.346 e. The Labute approximate surface area is 147 Å². The number of rotatable bonds is 4. The first kappa shape index (κ1) is 16.6. The molecule has 0 fully saturated rings. The van der Waals surface area contributed by atoms with Crippen LogP contribution in [0.25, 0.3) is 0 Å². The van der Waals surface area contributed by atoms with Crippen LogP contribution >= 0.6 is 11.6 Å². The molecule has 2 N–H and O–H groups in total. The molecule has 1 amide bonds. The van der Waals surface area contributed by atoms with Crippen LogP contribution in [0.3, 0.4) is 0 Å². The van der Waals surface area contributed by atoms with E-state index in [4.69, 9.17) is 11.6 Å². The van der Waals surface area contributed by atoms with Gasteiger partial charge in [0.15, 0.2) is 6.29 Å². The largest absolute Gasteiger partial charge is 0.346 e. The van der Waals surface area contributed by atoms with E-state index < -0.39 is 0 Å². The van der Waals surface area contributed by atoms with Crippen molar-refractivity contribution in [3.63, 3.8) is 0 Å². The molecule has 24 heavy (non-hydrogen) atoms. The van der Waals surface area contributed by atoms with Crippen LogP contribution in [0, 0.1) is 12.8 Å². The van der Waals surface area contributed by atoms with Crippen LogP contribution in [0.4, 0.5) is 11.4 Å². The van der Waals surface area contributed by atoms with E-state index in [1.54, 1.807) is 18.3 Å². The van der Waals surface area contributed by atoms with Crippen molar-refractivity contribution in [2.45, 2.75) is 27.1 Å². The Morgan fingerprint density at radius 1 is 1.42 bits per heavy atom. The van der Waals surface area contributed by atoms with E-state index in [0.717, 1.165) is 23.6 Å². The average Bonchev–Trinajstić information content (AvgIpc) is 2.85. The summed E-state index contributed by atoms with van der Waals surface area (Å²) in [5, 5.41) is 7.06. The van der Waals surface area contributed by atoms with Crippen LogP contribution in [0.5, 0.6) is 0 Å². The Bertz CT molecular complexity index is 762. The van der Waals surface area contributed by atoms with Gasteiger partial charge in [-0.05, 0) is 37.1 Å². The molecular formula is C18H21ClN4O. The molecule has 0 spiro atoms. The van der Waals surface area contributed by atoms with E-state index in [1.165, 1.54) is 0 Å². The quantitative estimate of drug-likeness (QED) is 0.889. The number of carbonyl (C=O) groups excluding carboxylic acids is 1. The maximum Gasteiger partial charge on any atom is 0.254 e. The summed E-state index contributed by atoms with van der Waals surface area (Å²) in [4.78, 5) is 18.8. The van der Waals surface area contributed by atoms with Crippen LogP contribution in [-0.4, -0.2) is 23.7 Å². The molecule has 0 radical (unpaired) electrons. The van der Waals surface area contributed by atoms with Crippen molar-refractivity contribution < 1.29 is 4.79 Å². The number of hydrogen-bond donors (Lipinski definition) is 2. The Balaban J connectivity index is 1.85. The highest BCUT2D eigenvalue weighted by Crippen LogP contribution is 2.40. The second-order valence-electron chi connectivity index (χ2n) is 6.39. The number of halogens is 1. The number of nitrogens with zero attached hydrogens (tertiary/aromatic N) is 2. The highest BCUT2D eigenvalue weighted by Gasteiger charge is 2.32. The summed E-state index contributed by atoms with van der Waals surface area (Å²) in [6.07, 6.45) is 1.31. The fraction of sp³-hybridized carbons (Fsp3) is 0.333. The van der Waals surface area contributed by atoms with Crippen molar-refractivity contribution in [3.05, 3.63) is 52.8 Å². The molecule has 0 saturated carbocycles. The third kappa shape index (κ3) is 3.31. The standard InChI is InChI=1S/C18H21ClN4O/c1-11(2)10-23-16-14(19)5-4-6-15(16)21-18(23)22-17(24)13-7-8-20-12(3)9-13/h4-9,11,18,21H,10H2,1-3H3,(H,22,24). The van der Waals surface area contributed by atoms with Crippen LogP contribution in [0.15, 0.2) is 36.5 Å². The van der Waals surface area contributed by atoms with E-state index in [2.05, 4.69) is 34.4 Å². The van der Waals surface area contributed by atoms with E-state index in [9.17, 15) is 4.79 Å². The molecule has 0 saturated heterocycles. The van der Waals surface area contributed by atoms with Crippen molar-refractivity contribution in [2.24, 2.45) is 5.92 Å². The highest BCUT2D eigenvalue weighted by atomic mass is 35.5. The van der Waals surface area contributed by atoms with Gasteiger partial charge in [-0.15, -0.1) is 0 Å². The van der Waals surface area contributed by atoms with Gasteiger partial charge in [0.25, 0.3) is 5.91 Å².